The highest BCUT2D eigenvalue weighted by molar-refractivity contribution is 5.66. The van der Waals surface area contributed by atoms with Crippen LogP contribution in [0.2, 0.25) is 0 Å². The maximum atomic E-state index is 11.5. The smallest absolute Gasteiger partial charge is 0.250 e. The topological polar surface area (TPSA) is 60.9 Å². The van der Waals surface area contributed by atoms with Crippen LogP contribution < -0.4 is 11.3 Å². The van der Waals surface area contributed by atoms with Crippen molar-refractivity contribution in [2.75, 3.05) is 5.73 Å². The van der Waals surface area contributed by atoms with Crippen LogP contribution in [0.5, 0.6) is 0 Å². The summed E-state index contributed by atoms with van der Waals surface area (Å²) in [5.74, 6) is 0. The molecule has 2 rings (SSSR count). The van der Waals surface area contributed by atoms with E-state index in [1.54, 1.807) is 22.9 Å². The lowest BCUT2D eigenvalue weighted by atomic mass is 10.1. The molecular formula is C13H15N3O. The van der Waals surface area contributed by atoms with Gasteiger partial charge in [0.2, 0.25) is 0 Å². The van der Waals surface area contributed by atoms with Crippen LogP contribution in [-0.2, 0) is 6.54 Å². The van der Waals surface area contributed by atoms with E-state index in [0.717, 1.165) is 16.8 Å². The molecule has 4 nitrogen and oxygen atoms in total. The maximum absolute atomic E-state index is 11.5. The SMILES string of the molecule is CCn1cc(-c2cnc(C)c(N)c2)ccc1=O. The fourth-order valence-corrected chi connectivity index (χ4v) is 1.66. The lowest BCUT2D eigenvalue weighted by Gasteiger charge is -2.07. The molecule has 2 aromatic rings. The fourth-order valence-electron chi connectivity index (χ4n) is 1.66. The van der Waals surface area contributed by atoms with E-state index in [4.69, 9.17) is 5.73 Å². The van der Waals surface area contributed by atoms with Crippen molar-refractivity contribution < 1.29 is 0 Å². The Morgan fingerprint density at radius 3 is 2.76 bits per heavy atom. The molecular weight excluding hydrogens is 214 g/mol. The molecule has 17 heavy (non-hydrogen) atoms. The minimum absolute atomic E-state index is 0.00397. The average Bonchev–Trinajstić information content (AvgIpc) is 2.33. The Labute approximate surface area is 99.7 Å². The summed E-state index contributed by atoms with van der Waals surface area (Å²) in [5.41, 5.74) is 9.19. The second-order valence-electron chi connectivity index (χ2n) is 3.94. The number of anilines is 1. The summed E-state index contributed by atoms with van der Waals surface area (Å²) in [4.78, 5) is 15.7. The molecule has 0 unspecified atom stereocenters. The molecule has 0 aliphatic carbocycles. The first kappa shape index (κ1) is 11.4. The molecule has 0 aliphatic rings. The van der Waals surface area contributed by atoms with E-state index in [2.05, 4.69) is 4.98 Å². The molecule has 0 saturated heterocycles. The van der Waals surface area contributed by atoms with Gasteiger partial charge in [0.05, 0.1) is 11.4 Å². The van der Waals surface area contributed by atoms with Gasteiger partial charge in [-0.1, -0.05) is 0 Å². The summed E-state index contributed by atoms with van der Waals surface area (Å²) >= 11 is 0. The van der Waals surface area contributed by atoms with Crippen molar-refractivity contribution in [1.82, 2.24) is 9.55 Å². The van der Waals surface area contributed by atoms with E-state index >= 15 is 0 Å². The number of aryl methyl sites for hydroxylation is 2. The molecule has 0 aliphatic heterocycles. The van der Waals surface area contributed by atoms with Gasteiger partial charge >= 0.3 is 0 Å². The van der Waals surface area contributed by atoms with Crippen LogP contribution in [0.1, 0.15) is 12.6 Å². The summed E-state index contributed by atoms with van der Waals surface area (Å²) in [6.45, 7) is 4.46. The van der Waals surface area contributed by atoms with Crippen molar-refractivity contribution in [3.8, 4) is 11.1 Å². The molecule has 2 heterocycles. The molecule has 0 amide bonds. The zero-order valence-corrected chi connectivity index (χ0v) is 9.97. The van der Waals surface area contributed by atoms with Crippen molar-refractivity contribution in [3.05, 3.63) is 46.6 Å². The molecule has 0 bridgehead atoms. The molecule has 0 aromatic carbocycles. The lowest BCUT2D eigenvalue weighted by molar-refractivity contribution is 0.728. The highest BCUT2D eigenvalue weighted by Gasteiger charge is 2.03. The third-order valence-corrected chi connectivity index (χ3v) is 2.78. The minimum atomic E-state index is 0.00397. The Bertz CT molecular complexity index is 602. The van der Waals surface area contributed by atoms with E-state index in [-0.39, 0.29) is 5.56 Å². The summed E-state index contributed by atoms with van der Waals surface area (Å²) in [5, 5.41) is 0. The van der Waals surface area contributed by atoms with Crippen LogP contribution >= 0.6 is 0 Å². The number of nitrogen functional groups attached to an aromatic ring is 1. The van der Waals surface area contributed by atoms with E-state index in [1.165, 1.54) is 0 Å². The van der Waals surface area contributed by atoms with Gasteiger partial charge in [0, 0.05) is 30.6 Å². The predicted molar refractivity (Wildman–Crippen MR) is 68.8 cm³/mol. The first-order valence-electron chi connectivity index (χ1n) is 5.55. The van der Waals surface area contributed by atoms with Crippen LogP contribution in [-0.4, -0.2) is 9.55 Å². The standard InChI is InChI=1S/C13H15N3O/c1-3-16-8-10(4-5-13(16)17)11-6-12(14)9(2)15-7-11/h4-8H,3,14H2,1-2H3. The van der Waals surface area contributed by atoms with Gasteiger partial charge in [-0.25, -0.2) is 0 Å². The fraction of sp³-hybridized carbons (Fsp3) is 0.231. The maximum Gasteiger partial charge on any atom is 0.250 e. The van der Waals surface area contributed by atoms with Gasteiger partial charge < -0.3 is 10.3 Å². The van der Waals surface area contributed by atoms with E-state index in [0.29, 0.717) is 12.2 Å². The van der Waals surface area contributed by atoms with Crippen molar-refractivity contribution in [1.29, 1.82) is 0 Å². The molecule has 0 spiro atoms. The highest BCUT2D eigenvalue weighted by Crippen LogP contribution is 2.20. The highest BCUT2D eigenvalue weighted by atomic mass is 16.1. The summed E-state index contributed by atoms with van der Waals surface area (Å²) in [6.07, 6.45) is 3.60. The molecule has 0 radical (unpaired) electrons. The lowest BCUT2D eigenvalue weighted by Crippen LogP contribution is -2.17. The summed E-state index contributed by atoms with van der Waals surface area (Å²) in [7, 11) is 0. The zero-order chi connectivity index (χ0) is 12.4. The van der Waals surface area contributed by atoms with E-state index in [1.807, 2.05) is 26.1 Å². The van der Waals surface area contributed by atoms with Gasteiger partial charge in [-0.2, -0.15) is 0 Å². The molecule has 0 fully saturated rings. The summed E-state index contributed by atoms with van der Waals surface area (Å²) < 4.78 is 1.66. The quantitative estimate of drug-likeness (QED) is 0.854. The number of aromatic nitrogens is 2. The molecule has 2 aromatic heterocycles. The number of hydrogen-bond acceptors (Lipinski definition) is 3. The number of pyridine rings is 2. The first-order chi connectivity index (χ1) is 8.11. The van der Waals surface area contributed by atoms with Gasteiger partial charge in [-0.15, -0.1) is 0 Å². The Hall–Kier alpha value is -2.10. The normalized spacial score (nSPS) is 10.5. The molecule has 0 saturated carbocycles. The Morgan fingerprint density at radius 1 is 1.35 bits per heavy atom. The van der Waals surface area contributed by atoms with Crippen molar-refractivity contribution in [2.45, 2.75) is 20.4 Å². The number of rotatable bonds is 2. The summed E-state index contributed by atoms with van der Waals surface area (Å²) in [6, 6.07) is 5.23. The third-order valence-electron chi connectivity index (χ3n) is 2.78. The van der Waals surface area contributed by atoms with Crippen LogP contribution in [0.15, 0.2) is 35.4 Å². The van der Waals surface area contributed by atoms with Gasteiger partial charge in [0.25, 0.3) is 5.56 Å². The van der Waals surface area contributed by atoms with E-state index in [9.17, 15) is 4.79 Å². The van der Waals surface area contributed by atoms with Crippen molar-refractivity contribution >= 4 is 5.69 Å². The minimum Gasteiger partial charge on any atom is -0.397 e. The van der Waals surface area contributed by atoms with Crippen LogP contribution in [0.3, 0.4) is 0 Å². The Morgan fingerprint density at radius 2 is 2.12 bits per heavy atom. The van der Waals surface area contributed by atoms with Gasteiger partial charge in [-0.3, -0.25) is 9.78 Å². The number of nitrogens with two attached hydrogens (primary N) is 1. The second-order valence-corrected chi connectivity index (χ2v) is 3.94. The Kier molecular flexibility index (Phi) is 2.95. The van der Waals surface area contributed by atoms with Crippen LogP contribution in [0.4, 0.5) is 5.69 Å². The molecule has 88 valence electrons. The number of hydrogen-bond donors (Lipinski definition) is 1. The van der Waals surface area contributed by atoms with E-state index < -0.39 is 0 Å². The largest absolute Gasteiger partial charge is 0.397 e. The van der Waals surface area contributed by atoms with Gasteiger partial charge in [0.15, 0.2) is 0 Å². The van der Waals surface area contributed by atoms with Crippen LogP contribution in [0, 0.1) is 6.92 Å². The zero-order valence-electron chi connectivity index (χ0n) is 9.97. The van der Waals surface area contributed by atoms with Gasteiger partial charge in [0.1, 0.15) is 0 Å². The molecule has 2 N–H and O–H groups in total. The average molecular weight is 229 g/mol. The van der Waals surface area contributed by atoms with Crippen molar-refractivity contribution in [2.24, 2.45) is 0 Å². The predicted octanol–water partition coefficient (Wildman–Crippen LogP) is 1.82. The third kappa shape index (κ3) is 2.20. The molecule has 4 heteroatoms. The van der Waals surface area contributed by atoms with Crippen molar-refractivity contribution in [3.63, 3.8) is 0 Å². The molecule has 0 atom stereocenters. The second kappa shape index (κ2) is 4.41. The number of nitrogens with zero attached hydrogens (tertiary/aromatic N) is 2. The monoisotopic (exact) mass is 229 g/mol. The first-order valence-corrected chi connectivity index (χ1v) is 5.55. The van der Waals surface area contributed by atoms with Crippen LogP contribution in [0.25, 0.3) is 11.1 Å². The Balaban J connectivity index is 2.53. The van der Waals surface area contributed by atoms with Gasteiger partial charge in [-0.05, 0) is 31.5 Å².